The molecule has 0 unspecified atom stereocenters. The Morgan fingerprint density at radius 2 is 1.97 bits per heavy atom. The van der Waals surface area contributed by atoms with E-state index in [0.717, 1.165) is 22.9 Å². The van der Waals surface area contributed by atoms with E-state index in [-0.39, 0.29) is 11.9 Å². The van der Waals surface area contributed by atoms with E-state index in [1.165, 1.54) is 18.9 Å². The van der Waals surface area contributed by atoms with Crippen LogP contribution >= 0.6 is 23.4 Å². The molecule has 1 aliphatic heterocycles. The molecule has 0 bridgehead atoms. The zero-order valence-corrected chi connectivity index (χ0v) is 17.8. The number of thioether (sulfide) groups is 1. The van der Waals surface area contributed by atoms with Crippen molar-refractivity contribution in [2.75, 3.05) is 5.75 Å². The van der Waals surface area contributed by atoms with Crippen molar-refractivity contribution in [1.29, 1.82) is 0 Å². The SMILES string of the molecule is CCCCCSc1ncnn1C[C@@]1(c2ccccc2F)O[C@@H]1c1ccccc1Cl. The van der Waals surface area contributed by atoms with Gasteiger partial charge in [-0.05, 0) is 18.6 Å². The summed E-state index contributed by atoms with van der Waals surface area (Å²) in [6.07, 6.45) is 4.71. The first kappa shape index (κ1) is 20.4. The van der Waals surface area contributed by atoms with Gasteiger partial charge < -0.3 is 4.74 Å². The van der Waals surface area contributed by atoms with Crippen molar-refractivity contribution in [1.82, 2.24) is 14.8 Å². The van der Waals surface area contributed by atoms with E-state index in [4.69, 9.17) is 16.3 Å². The molecule has 2 aromatic carbocycles. The lowest BCUT2D eigenvalue weighted by Gasteiger charge is -2.16. The monoisotopic (exact) mass is 431 g/mol. The molecule has 7 heteroatoms. The summed E-state index contributed by atoms with van der Waals surface area (Å²) in [5.41, 5.74) is 0.514. The fraction of sp³-hybridized carbons (Fsp3) is 0.364. The highest BCUT2D eigenvalue weighted by atomic mass is 35.5. The second-order valence-corrected chi connectivity index (χ2v) is 8.61. The topological polar surface area (TPSA) is 43.2 Å². The van der Waals surface area contributed by atoms with Crippen molar-refractivity contribution in [2.24, 2.45) is 0 Å². The average Bonchev–Trinajstić information content (AvgIpc) is 3.27. The van der Waals surface area contributed by atoms with Gasteiger partial charge in [-0.2, -0.15) is 5.10 Å². The Balaban J connectivity index is 1.63. The third-order valence-corrected chi connectivity index (χ3v) is 6.57. The van der Waals surface area contributed by atoms with Crippen LogP contribution in [-0.4, -0.2) is 20.5 Å². The molecule has 0 N–H and O–H groups in total. The molecule has 0 saturated carbocycles. The molecule has 3 aromatic rings. The molecule has 0 radical (unpaired) electrons. The van der Waals surface area contributed by atoms with Crippen molar-refractivity contribution < 1.29 is 9.13 Å². The molecule has 29 heavy (non-hydrogen) atoms. The van der Waals surface area contributed by atoms with Crippen LogP contribution in [0.5, 0.6) is 0 Å². The molecule has 1 aliphatic rings. The number of hydrogen-bond acceptors (Lipinski definition) is 4. The molecule has 1 fully saturated rings. The van der Waals surface area contributed by atoms with Crippen molar-refractivity contribution in [3.05, 3.63) is 76.8 Å². The summed E-state index contributed by atoms with van der Waals surface area (Å²) in [6, 6.07) is 14.3. The van der Waals surface area contributed by atoms with Gasteiger partial charge in [0.2, 0.25) is 0 Å². The Labute approximate surface area is 179 Å². The van der Waals surface area contributed by atoms with Crippen molar-refractivity contribution in [2.45, 2.75) is 49.6 Å². The maximum atomic E-state index is 14.8. The highest BCUT2D eigenvalue weighted by molar-refractivity contribution is 7.99. The Hall–Kier alpha value is -1.89. The van der Waals surface area contributed by atoms with E-state index >= 15 is 0 Å². The van der Waals surface area contributed by atoms with Crippen LogP contribution in [0.25, 0.3) is 0 Å². The van der Waals surface area contributed by atoms with Crippen LogP contribution < -0.4 is 0 Å². The van der Waals surface area contributed by atoms with Crippen LogP contribution in [0.4, 0.5) is 4.39 Å². The van der Waals surface area contributed by atoms with Crippen LogP contribution in [0.15, 0.2) is 60.0 Å². The smallest absolute Gasteiger partial charge is 0.186 e. The number of nitrogens with zero attached hydrogens (tertiary/aromatic N) is 3. The third kappa shape index (κ3) is 4.20. The largest absolute Gasteiger partial charge is 0.354 e. The molecule has 152 valence electrons. The van der Waals surface area contributed by atoms with Gasteiger partial charge in [0.1, 0.15) is 23.8 Å². The van der Waals surface area contributed by atoms with Crippen LogP contribution in [0.1, 0.15) is 43.4 Å². The van der Waals surface area contributed by atoms with Gasteiger partial charge in [0.05, 0.1) is 6.54 Å². The van der Waals surface area contributed by atoms with Gasteiger partial charge in [-0.25, -0.2) is 14.1 Å². The van der Waals surface area contributed by atoms with Crippen molar-refractivity contribution in [3.8, 4) is 0 Å². The van der Waals surface area contributed by atoms with E-state index in [9.17, 15) is 4.39 Å². The van der Waals surface area contributed by atoms with Crippen molar-refractivity contribution >= 4 is 23.4 Å². The number of aromatic nitrogens is 3. The number of halogens is 2. The minimum absolute atomic E-state index is 0.292. The molecular weight excluding hydrogens is 409 g/mol. The zero-order valence-electron chi connectivity index (χ0n) is 16.2. The minimum Gasteiger partial charge on any atom is -0.354 e. The number of rotatable bonds is 9. The molecule has 4 nitrogen and oxygen atoms in total. The normalized spacial score (nSPS) is 20.7. The summed E-state index contributed by atoms with van der Waals surface area (Å²) in [7, 11) is 0. The lowest BCUT2D eigenvalue weighted by Crippen LogP contribution is -2.22. The van der Waals surface area contributed by atoms with Crippen LogP contribution in [0.2, 0.25) is 5.02 Å². The summed E-state index contributed by atoms with van der Waals surface area (Å²) in [6.45, 7) is 2.56. The number of epoxide rings is 1. The summed E-state index contributed by atoms with van der Waals surface area (Å²) in [4.78, 5) is 4.40. The summed E-state index contributed by atoms with van der Waals surface area (Å²) in [5.74, 6) is 0.688. The third-order valence-electron chi connectivity index (χ3n) is 5.16. The Morgan fingerprint density at radius 3 is 2.76 bits per heavy atom. The second-order valence-electron chi connectivity index (χ2n) is 7.14. The minimum atomic E-state index is -0.858. The average molecular weight is 432 g/mol. The maximum Gasteiger partial charge on any atom is 0.186 e. The molecule has 0 aliphatic carbocycles. The van der Waals surface area contributed by atoms with Gasteiger partial charge in [0, 0.05) is 21.9 Å². The standard InChI is InChI=1S/C22H23ClFN3OS/c1-2-3-8-13-29-21-25-15-26-27(21)14-22(17-10-5-7-12-19(17)24)20(28-22)16-9-4-6-11-18(16)23/h4-7,9-12,15,20H,2-3,8,13-14H2,1H3/t20-,22+/m1/s1. The van der Waals surface area contributed by atoms with E-state index in [0.29, 0.717) is 17.1 Å². The summed E-state index contributed by atoms with van der Waals surface area (Å²) < 4.78 is 22.8. The molecule has 1 aromatic heterocycles. The lowest BCUT2D eigenvalue weighted by atomic mass is 9.91. The van der Waals surface area contributed by atoms with Gasteiger partial charge >= 0.3 is 0 Å². The fourth-order valence-corrected chi connectivity index (χ4v) is 4.75. The molecule has 0 amide bonds. The molecule has 4 rings (SSSR count). The predicted molar refractivity (Wildman–Crippen MR) is 114 cm³/mol. The maximum absolute atomic E-state index is 14.8. The highest BCUT2D eigenvalue weighted by Crippen LogP contribution is 2.59. The van der Waals surface area contributed by atoms with Crippen molar-refractivity contribution in [3.63, 3.8) is 0 Å². The van der Waals surface area contributed by atoms with Crippen LogP contribution in [0, 0.1) is 5.82 Å². The van der Waals surface area contributed by atoms with Gasteiger partial charge in [-0.1, -0.05) is 79.5 Å². The first-order valence-electron chi connectivity index (χ1n) is 9.83. The van der Waals surface area contributed by atoms with Gasteiger partial charge in [0.25, 0.3) is 0 Å². The Kier molecular flexibility index (Phi) is 6.23. The van der Waals surface area contributed by atoms with Gasteiger partial charge in [-0.15, -0.1) is 0 Å². The lowest BCUT2D eigenvalue weighted by molar-refractivity contribution is 0.251. The Morgan fingerprint density at radius 1 is 1.17 bits per heavy atom. The number of ether oxygens (including phenoxy) is 1. The van der Waals surface area contributed by atoms with Gasteiger partial charge in [0.15, 0.2) is 5.16 Å². The molecule has 2 heterocycles. The summed E-state index contributed by atoms with van der Waals surface area (Å²) in [5, 5.41) is 5.83. The van der Waals surface area contributed by atoms with Gasteiger partial charge in [-0.3, -0.25) is 0 Å². The van der Waals surface area contributed by atoms with E-state index in [2.05, 4.69) is 17.0 Å². The number of unbranched alkanes of at least 4 members (excludes halogenated alkanes) is 2. The molecule has 0 spiro atoms. The van der Waals surface area contributed by atoms with E-state index in [1.54, 1.807) is 30.2 Å². The first-order valence-corrected chi connectivity index (χ1v) is 11.2. The highest BCUT2D eigenvalue weighted by Gasteiger charge is 2.60. The molecule has 1 saturated heterocycles. The quantitative estimate of drug-likeness (QED) is 0.236. The molecule has 2 atom stereocenters. The van der Waals surface area contributed by atoms with Crippen LogP contribution in [0.3, 0.4) is 0 Å². The Bertz CT molecular complexity index is 982. The van der Waals surface area contributed by atoms with E-state index < -0.39 is 5.60 Å². The number of benzene rings is 2. The zero-order chi connectivity index (χ0) is 20.3. The predicted octanol–water partition coefficient (Wildman–Crippen LogP) is 6.02. The first-order chi connectivity index (χ1) is 14.2. The fourth-order valence-electron chi connectivity index (χ4n) is 3.60. The van der Waals surface area contributed by atoms with E-state index in [1.807, 2.05) is 35.0 Å². The summed E-state index contributed by atoms with van der Waals surface area (Å²) >= 11 is 8.09. The molecular formula is C22H23ClFN3OS. The van der Waals surface area contributed by atoms with Crippen LogP contribution in [-0.2, 0) is 16.9 Å². The second kappa shape index (κ2) is 8.86. The number of hydrogen-bond donors (Lipinski definition) is 0.